The fourth-order valence-corrected chi connectivity index (χ4v) is 9.26. The van der Waals surface area contributed by atoms with E-state index in [0.29, 0.717) is 58.2 Å². The molecule has 6 heterocycles. The van der Waals surface area contributed by atoms with E-state index in [0.717, 1.165) is 0 Å². The number of aliphatic carboxylic acids is 2. The van der Waals surface area contributed by atoms with E-state index in [9.17, 15) is 30.0 Å². The molecular weight excluding hydrogens is 849 g/mol. The van der Waals surface area contributed by atoms with Crippen molar-refractivity contribution in [2.75, 3.05) is 47.0 Å². The standard InChI is InChI=1S/2C15H22N6O5S.H2O4S/c2*1-27(3-2-7(16)15(24)25)4-8-10(22)11(23)14(26-8)21-6-20-9-12(17)18-5-19-13(9)21;1-5(2,3)4/h2*5-8,10-11,14,22-23H,2-4,16H2,1H3,(H2-,17,18,19,24,25);(H2,1,2,3,4)/t2*7-,8+,10+,11+,14+,27?;/m00./s1. The second kappa shape index (κ2) is 20.4. The van der Waals surface area contributed by atoms with Crippen LogP contribution < -0.4 is 22.9 Å². The van der Waals surface area contributed by atoms with Crippen LogP contribution in [-0.4, -0.2) is 183 Å². The monoisotopic (exact) mass is 894 g/mol. The number of aliphatic hydroxyl groups is 4. The summed E-state index contributed by atoms with van der Waals surface area (Å²) in [5, 5.41) is 59.4. The third-order valence-corrected chi connectivity index (χ3v) is 12.7. The van der Waals surface area contributed by atoms with E-state index in [-0.39, 0.29) is 33.4 Å². The first-order valence-corrected chi connectivity index (χ1v) is 22.6. The molecule has 0 aromatic carbocycles. The Labute approximate surface area is 341 Å². The summed E-state index contributed by atoms with van der Waals surface area (Å²) >= 11 is 0. The van der Waals surface area contributed by atoms with Gasteiger partial charge in [-0.15, -0.1) is 0 Å². The van der Waals surface area contributed by atoms with Gasteiger partial charge in [0.05, 0.1) is 25.2 Å². The Hall–Kier alpha value is -4.11. The fraction of sp³-hybridized carbons (Fsp3) is 0.600. The number of hydrogen-bond acceptors (Lipinski definition) is 22. The number of fused-ring (bicyclic) bond motifs is 2. The molecule has 0 saturated carbocycles. The molecular formula is C30H46N12O14S3. The highest BCUT2D eigenvalue weighted by Crippen LogP contribution is 2.34. The van der Waals surface area contributed by atoms with E-state index in [1.54, 1.807) is 0 Å². The lowest BCUT2D eigenvalue weighted by atomic mass is 10.1. The second-order valence-corrected chi connectivity index (χ2v) is 18.9. The number of carboxylic acid groups (broad SMARTS) is 2. The Morgan fingerprint density at radius 3 is 1.37 bits per heavy atom. The summed E-state index contributed by atoms with van der Waals surface area (Å²) in [7, 11) is -5.64. The molecule has 26 nitrogen and oxygen atoms in total. The van der Waals surface area contributed by atoms with Gasteiger partial charge in [0.25, 0.3) is 0 Å². The van der Waals surface area contributed by atoms with Crippen molar-refractivity contribution in [2.45, 2.75) is 74.0 Å². The van der Waals surface area contributed by atoms with Crippen molar-refractivity contribution in [3.63, 3.8) is 0 Å². The van der Waals surface area contributed by atoms with Crippen molar-refractivity contribution in [2.24, 2.45) is 11.5 Å². The van der Waals surface area contributed by atoms with Gasteiger partial charge in [-0.1, -0.05) is 0 Å². The summed E-state index contributed by atoms with van der Waals surface area (Å²) in [6.45, 7) is 0. The molecule has 2 unspecified atom stereocenters. The summed E-state index contributed by atoms with van der Waals surface area (Å²) in [5.41, 5.74) is 24.2. The van der Waals surface area contributed by atoms with Crippen LogP contribution in [0.3, 0.4) is 0 Å². The van der Waals surface area contributed by atoms with Crippen LogP contribution in [0, 0.1) is 0 Å². The molecule has 4 aromatic rings. The van der Waals surface area contributed by atoms with Crippen molar-refractivity contribution < 1.29 is 67.2 Å². The Balaban J connectivity index is 0.000000234. The van der Waals surface area contributed by atoms with Crippen LogP contribution in [0.2, 0.25) is 0 Å². The van der Waals surface area contributed by atoms with Gasteiger partial charge in [-0.3, -0.25) is 27.1 Å². The van der Waals surface area contributed by atoms with Crippen LogP contribution in [0.1, 0.15) is 25.3 Å². The van der Waals surface area contributed by atoms with Gasteiger partial charge in [-0.05, 0) is 21.8 Å². The molecule has 328 valence electrons. The minimum absolute atomic E-state index is 0.216. The van der Waals surface area contributed by atoms with Gasteiger partial charge in [0.2, 0.25) is 0 Å². The summed E-state index contributed by atoms with van der Waals surface area (Å²) < 4.78 is 48.9. The van der Waals surface area contributed by atoms with Crippen molar-refractivity contribution >= 4 is 78.1 Å². The SMILES string of the molecule is C[S+](CC[C@H](N)C(=O)O)C[C@H]1O[C@@H](n2cnc3c(N)ncnc32)[C@H](O)[C@@H]1O.C[S+](CC[C@H](N)C(=O)O)C[C@H]1O[C@@H](n2cnc3c(N)ncnc32)[C@H](O)[C@@H]1O.O=S(=O)([O-])[O-]. The maximum absolute atomic E-state index is 10.8. The van der Waals surface area contributed by atoms with Gasteiger partial charge < -0.3 is 72.2 Å². The average Bonchev–Trinajstić information content (AvgIpc) is 3.92. The number of carbonyl (C=O) groups is 2. The minimum atomic E-state index is -5.17. The molecule has 2 saturated heterocycles. The molecule has 2 aliphatic rings. The van der Waals surface area contributed by atoms with Crippen LogP contribution in [-0.2, 0) is 51.3 Å². The molecule has 0 aliphatic carbocycles. The maximum Gasteiger partial charge on any atom is 0.320 e. The maximum atomic E-state index is 10.8. The number of rotatable bonds is 14. The molecule has 29 heteroatoms. The summed E-state index contributed by atoms with van der Waals surface area (Å²) in [4.78, 5) is 45.9. The lowest BCUT2D eigenvalue weighted by Gasteiger charge is -2.16. The number of ether oxygens (including phenoxy) is 2. The van der Waals surface area contributed by atoms with E-state index < -0.39 is 83.5 Å². The van der Waals surface area contributed by atoms with Crippen molar-refractivity contribution in [3.8, 4) is 0 Å². The van der Waals surface area contributed by atoms with E-state index in [1.807, 2.05) is 12.5 Å². The predicted octanol–water partition coefficient (Wildman–Crippen LogP) is -5.18. The minimum Gasteiger partial charge on any atom is -0.759 e. The first-order chi connectivity index (χ1) is 27.6. The molecule has 0 bridgehead atoms. The highest BCUT2D eigenvalue weighted by molar-refractivity contribution is 7.96. The molecule has 2 aliphatic heterocycles. The lowest BCUT2D eigenvalue weighted by molar-refractivity contribution is -0.139. The number of aliphatic hydroxyl groups excluding tert-OH is 4. The highest BCUT2D eigenvalue weighted by atomic mass is 32.3. The largest absolute Gasteiger partial charge is 0.759 e. The van der Waals surface area contributed by atoms with Crippen LogP contribution in [0.15, 0.2) is 25.3 Å². The highest BCUT2D eigenvalue weighted by Gasteiger charge is 2.48. The third kappa shape index (κ3) is 12.5. The van der Waals surface area contributed by atoms with Crippen LogP contribution >= 0.6 is 0 Å². The smallest absolute Gasteiger partial charge is 0.320 e. The van der Waals surface area contributed by atoms with E-state index in [1.165, 1.54) is 34.4 Å². The normalized spacial score (nSPS) is 26.3. The zero-order valence-corrected chi connectivity index (χ0v) is 33.8. The van der Waals surface area contributed by atoms with E-state index >= 15 is 0 Å². The molecule has 0 amide bonds. The summed E-state index contributed by atoms with van der Waals surface area (Å²) in [6.07, 6.45) is 2.62. The first-order valence-electron chi connectivity index (χ1n) is 17.3. The Kier molecular flexibility index (Phi) is 16.5. The number of carboxylic acids is 2. The van der Waals surface area contributed by atoms with Gasteiger partial charge >= 0.3 is 11.9 Å². The molecule has 0 spiro atoms. The Morgan fingerprint density at radius 1 is 0.712 bits per heavy atom. The lowest BCUT2D eigenvalue weighted by Crippen LogP contribution is -2.37. The van der Waals surface area contributed by atoms with Crippen molar-refractivity contribution in [1.29, 1.82) is 0 Å². The van der Waals surface area contributed by atoms with E-state index in [2.05, 4.69) is 29.9 Å². The van der Waals surface area contributed by atoms with Gasteiger partial charge in [-0.25, -0.2) is 29.9 Å². The molecule has 59 heavy (non-hydrogen) atoms. The molecule has 6 rings (SSSR count). The molecule has 4 aromatic heterocycles. The zero-order chi connectivity index (χ0) is 43.9. The predicted molar refractivity (Wildman–Crippen MR) is 208 cm³/mol. The van der Waals surface area contributed by atoms with E-state index in [4.69, 9.17) is 60.1 Å². The molecule has 14 N–H and O–H groups in total. The van der Waals surface area contributed by atoms with Crippen LogP contribution in [0.5, 0.6) is 0 Å². The van der Waals surface area contributed by atoms with Crippen molar-refractivity contribution in [1.82, 2.24) is 39.0 Å². The van der Waals surface area contributed by atoms with Crippen LogP contribution in [0.25, 0.3) is 22.3 Å². The average molecular weight is 895 g/mol. The van der Waals surface area contributed by atoms with Gasteiger partial charge in [0.15, 0.2) is 35.4 Å². The molecule has 12 atom stereocenters. The fourth-order valence-electron chi connectivity index (χ4n) is 5.94. The number of imidazole rings is 2. The van der Waals surface area contributed by atoms with Gasteiger partial charge in [0, 0.05) is 23.2 Å². The zero-order valence-electron chi connectivity index (χ0n) is 31.4. The van der Waals surface area contributed by atoms with Gasteiger partial charge in [0.1, 0.15) is 95.4 Å². The number of nitrogens with two attached hydrogens (primary N) is 4. The number of nitrogen functional groups attached to an aromatic ring is 2. The third-order valence-electron chi connectivity index (χ3n) is 9.08. The number of aromatic nitrogens is 8. The topological polar surface area (TPSA) is 446 Å². The second-order valence-electron chi connectivity index (χ2n) is 13.4. The Bertz CT molecular complexity index is 2010. The number of hydrogen-bond donors (Lipinski definition) is 10. The van der Waals surface area contributed by atoms with Gasteiger partial charge in [-0.2, -0.15) is 0 Å². The summed E-state index contributed by atoms with van der Waals surface area (Å²) in [6, 6.07) is -1.81. The number of nitrogens with zero attached hydrogens (tertiary/aromatic N) is 8. The molecule has 0 radical (unpaired) electrons. The molecule has 2 fully saturated rings. The first kappa shape index (κ1) is 47.6. The quantitative estimate of drug-likeness (QED) is 0.0321. The number of anilines is 2. The summed E-state index contributed by atoms with van der Waals surface area (Å²) in [5.74, 6) is 0.509. The Morgan fingerprint density at radius 2 is 1.05 bits per heavy atom. The van der Waals surface area contributed by atoms with Crippen molar-refractivity contribution in [3.05, 3.63) is 25.3 Å². The van der Waals surface area contributed by atoms with Crippen LogP contribution in [0.4, 0.5) is 11.6 Å².